The summed E-state index contributed by atoms with van der Waals surface area (Å²) in [5, 5.41) is 3.27. The van der Waals surface area contributed by atoms with Crippen LogP contribution in [-0.2, 0) is 12.8 Å². The molecule has 0 spiro atoms. The van der Waals surface area contributed by atoms with Gasteiger partial charge in [-0.3, -0.25) is 0 Å². The maximum atomic E-state index is 13.7. The van der Waals surface area contributed by atoms with E-state index in [0.717, 1.165) is 30.6 Å². The van der Waals surface area contributed by atoms with Crippen LogP contribution in [0.2, 0.25) is 0 Å². The van der Waals surface area contributed by atoms with Gasteiger partial charge >= 0.3 is 0 Å². The zero-order valence-corrected chi connectivity index (χ0v) is 11.9. The predicted octanol–water partition coefficient (Wildman–Crippen LogP) is 3.19. The highest BCUT2D eigenvalue weighted by Crippen LogP contribution is 2.19. The Morgan fingerprint density at radius 3 is 2.80 bits per heavy atom. The summed E-state index contributed by atoms with van der Waals surface area (Å²) in [7, 11) is 3.39. The minimum atomic E-state index is -0.314. The summed E-state index contributed by atoms with van der Waals surface area (Å²) in [6.07, 6.45) is 4.27. The first-order valence-corrected chi connectivity index (χ1v) is 6.75. The second-order valence-corrected chi connectivity index (χ2v) is 4.78. The van der Waals surface area contributed by atoms with Crippen molar-refractivity contribution in [3.05, 3.63) is 53.7 Å². The molecule has 0 saturated carbocycles. The Morgan fingerprint density at radius 1 is 1.35 bits per heavy atom. The molecular formula is C16H20FNO2. The lowest BCUT2D eigenvalue weighted by Crippen LogP contribution is -2.28. The molecule has 4 heteroatoms. The highest BCUT2D eigenvalue weighted by molar-refractivity contribution is 5.29. The number of nitrogens with one attached hydrogen (secondary N) is 1. The van der Waals surface area contributed by atoms with Crippen LogP contribution in [0.4, 0.5) is 4.39 Å². The Bertz CT molecular complexity index is 525. The number of furan rings is 1. The maximum absolute atomic E-state index is 13.7. The fraction of sp³-hybridized carbons (Fsp3) is 0.375. The first-order valence-electron chi connectivity index (χ1n) is 6.75. The number of hydrogen-bond acceptors (Lipinski definition) is 3. The first kappa shape index (κ1) is 14.6. The van der Waals surface area contributed by atoms with Gasteiger partial charge in [-0.15, -0.1) is 0 Å². The molecule has 0 fully saturated rings. The third kappa shape index (κ3) is 3.84. The van der Waals surface area contributed by atoms with Crippen LogP contribution >= 0.6 is 0 Å². The van der Waals surface area contributed by atoms with Crippen LogP contribution < -0.4 is 10.1 Å². The molecule has 108 valence electrons. The van der Waals surface area contributed by atoms with E-state index in [1.807, 2.05) is 25.2 Å². The molecule has 3 nitrogen and oxygen atoms in total. The SMILES string of the molecule is CNC(CCc1ccco1)Cc1ccc(OC)c(F)c1. The summed E-state index contributed by atoms with van der Waals surface area (Å²) < 4.78 is 23.9. The summed E-state index contributed by atoms with van der Waals surface area (Å²) in [6, 6.07) is 9.26. The van der Waals surface area contributed by atoms with Crippen molar-refractivity contribution in [2.75, 3.05) is 14.2 Å². The summed E-state index contributed by atoms with van der Waals surface area (Å²) in [6.45, 7) is 0. The third-order valence-corrected chi connectivity index (χ3v) is 3.43. The number of aryl methyl sites for hydroxylation is 1. The molecule has 1 atom stereocenters. The van der Waals surface area contributed by atoms with Crippen molar-refractivity contribution in [1.82, 2.24) is 5.32 Å². The van der Waals surface area contributed by atoms with Crippen LogP contribution in [0, 0.1) is 5.82 Å². The smallest absolute Gasteiger partial charge is 0.165 e. The van der Waals surface area contributed by atoms with Gasteiger partial charge in [0.2, 0.25) is 0 Å². The topological polar surface area (TPSA) is 34.4 Å². The lowest BCUT2D eigenvalue weighted by Gasteiger charge is -2.16. The largest absolute Gasteiger partial charge is 0.494 e. The molecule has 1 heterocycles. The van der Waals surface area contributed by atoms with Gasteiger partial charge in [0, 0.05) is 12.5 Å². The molecule has 0 aliphatic rings. The molecule has 0 saturated heterocycles. The van der Waals surface area contributed by atoms with Crippen molar-refractivity contribution >= 4 is 0 Å². The van der Waals surface area contributed by atoms with E-state index in [1.54, 1.807) is 12.3 Å². The number of likely N-dealkylation sites (N-methyl/N-ethyl adjacent to an activating group) is 1. The quantitative estimate of drug-likeness (QED) is 0.844. The van der Waals surface area contributed by atoms with Crippen LogP contribution in [0.3, 0.4) is 0 Å². The average molecular weight is 277 g/mol. The minimum absolute atomic E-state index is 0.283. The average Bonchev–Trinajstić information content (AvgIpc) is 2.97. The molecule has 20 heavy (non-hydrogen) atoms. The zero-order chi connectivity index (χ0) is 14.4. The number of halogens is 1. The first-order chi connectivity index (χ1) is 9.72. The van der Waals surface area contributed by atoms with Crippen molar-refractivity contribution in [1.29, 1.82) is 0 Å². The Balaban J connectivity index is 1.93. The molecule has 2 aromatic rings. The lowest BCUT2D eigenvalue weighted by molar-refractivity contribution is 0.385. The summed E-state index contributed by atoms with van der Waals surface area (Å²) >= 11 is 0. The number of methoxy groups -OCH3 is 1. The minimum Gasteiger partial charge on any atom is -0.494 e. The van der Waals surface area contributed by atoms with E-state index in [9.17, 15) is 4.39 Å². The van der Waals surface area contributed by atoms with Crippen molar-refractivity contribution in [2.24, 2.45) is 0 Å². The molecule has 0 amide bonds. The molecule has 1 aromatic heterocycles. The van der Waals surface area contributed by atoms with E-state index in [-0.39, 0.29) is 17.6 Å². The van der Waals surface area contributed by atoms with Gasteiger partial charge in [0.1, 0.15) is 5.76 Å². The van der Waals surface area contributed by atoms with Gasteiger partial charge in [-0.1, -0.05) is 6.07 Å². The fourth-order valence-electron chi connectivity index (χ4n) is 2.24. The van der Waals surface area contributed by atoms with E-state index in [0.29, 0.717) is 0 Å². The lowest BCUT2D eigenvalue weighted by atomic mass is 10.0. The summed E-state index contributed by atoms with van der Waals surface area (Å²) in [4.78, 5) is 0. The highest BCUT2D eigenvalue weighted by Gasteiger charge is 2.11. The molecule has 1 N–H and O–H groups in total. The normalized spacial score (nSPS) is 12.3. The van der Waals surface area contributed by atoms with Crippen LogP contribution in [0.1, 0.15) is 17.7 Å². The molecular weight excluding hydrogens is 257 g/mol. The molecule has 0 aliphatic carbocycles. The van der Waals surface area contributed by atoms with E-state index in [1.165, 1.54) is 13.2 Å². The second-order valence-electron chi connectivity index (χ2n) is 4.78. The number of ether oxygens (including phenoxy) is 1. The van der Waals surface area contributed by atoms with Gasteiger partial charge < -0.3 is 14.5 Å². The Hall–Kier alpha value is -1.81. The van der Waals surface area contributed by atoms with Crippen molar-refractivity contribution in [3.8, 4) is 5.75 Å². The number of hydrogen-bond donors (Lipinski definition) is 1. The van der Waals surface area contributed by atoms with E-state index < -0.39 is 0 Å². The molecule has 1 unspecified atom stereocenters. The second kappa shape index (κ2) is 7.10. The Kier molecular flexibility index (Phi) is 5.18. The fourth-order valence-corrected chi connectivity index (χ4v) is 2.24. The van der Waals surface area contributed by atoms with Crippen molar-refractivity contribution in [2.45, 2.75) is 25.3 Å². The predicted molar refractivity (Wildman–Crippen MR) is 76.5 cm³/mol. The van der Waals surface area contributed by atoms with Gasteiger partial charge in [-0.2, -0.15) is 0 Å². The standard InChI is InChI=1S/C16H20FNO2/c1-18-13(6-7-14-4-3-9-20-14)10-12-5-8-16(19-2)15(17)11-12/h3-5,8-9,11,13,18H,6-7,10H2,1-2H3. The molecule has 0 aliphatic heterocycles. The van der Waals surface area contributed by atoms with Crippen molar-refractivity contribution in [3.63, 3.8) is 0 Å². The van der Waals surface area contributed by atoms with Crippen LogP contribution in [0.15, 0.2) is 41.0 Å². The van der Waals surface area contributed by atoms with E-state index in [2.05, 4.69) is 5.32 Å². The van der Waals surface area contributed by atoms with E-state index in [4.69, 9.17) is 9.15 Å². The maximum Gasteiger partial charge on any atom is 0.165 e. The van der Waals surface area contributed by atoms with Crippen LogP contribution in [0.25, 0.3) is 0 Å². The zero-order valence-electron chi connectivity index (χ0n) is 11.9. The van der Waals surface area contributed by atoms with Gasteiger partial charge in [0.25, 0.3) is 0 Å². The summed E-state index contributed by atoms with van der Waals surface area (Å²) in [5.74, 6) is 0.947. The van der Waals surface area contributed by atoms with Crippen LogP contribution in [-0.4, -0.2) is 20.2 Å². The highest BCUT2D eigenvalue weighted by atomic mass is 19.1. The van der Waals surface area contributed by atoms with Gasteiger partial charge in [-0.05, 0) is 49.7 Å². The van der Waals surface area contributed by atoms with Gasteiger partial charge in [0.05, 0.1) is 13.4 Å². The molecule has 1 aromatic carbocycles. The molecule has 0 radical (unpaired) electrons. The Morgan fingerprint density at radius 2 is 2.20 bits per heavy atom. The van der Waals surface area contributed by atoms with Crippen molar-refractivity contribution < 1.29 is 13.5 Å². The monoisotopic (exact) mass is 277 g/mol. The van der Waals surface area contributed by atoms with Gasteiger partial charge in [0.15, 0.2) is 11.6 Å². The Labute approximate surface area is 118 Å². The van der Waals surface area contributed by atoms with E-state index >= 15 is 0 Å². The number of rotatable bonds is 7. The third-order valence-electron chi connectivity index (χ3n) is 3.43. The van der Waals surface area contributed by atoms with Gasteiger partial charge in [-0.25, -0.2) is 4.39 Å². The molecule has 2 rings (SSSR count). The molecule has 0 bridgehead atoms. The van der Waals surface area contributed by atoms with Crippen LogP contribution in [0.5, 0.6) is 5.75 Å². The number of benzene rings is 1. The summed E-state index contributed by atoms with van der Waals surface area (Å²) in [5.41, 5.74) is 0.960.